The van der Waals surface area contributed by atoms with Crippen LogP contribution in [0.3, 0.4) is 0 Å². The molecule has 2 atom stereocenters. The first-order chi connectivity index (χ1) is 8.20. The van der Waals surface area contributed by atoms with Gasteiger partial charge in [0.2, 0.25) is 0 Å². The Kier molecular flexibility index (Phi) is 3.76. The van der Waals surface area contributed by atoms with Crippen LogP contribution in [0.15, 0.2) is 24.3 Å². The van der Waals surface area contributed by atoms with Gasteiger partial charge in [-0.3, -0.25) is 0 Å². The lowest BCUT2D eigenvalue weighted by Crippen LogP contribution is -2.50. The van der Waals surface area contributed by atoms with Gasteiger partial charge in [-0.25, -0.2) is 4.79 Å². The third kappa shape index (κ3) is 2.65. The number of rotatable bonds is 3. The van der Waals surface area contributed by atoms with Crippen molar-refractivity contribution in [1.29, 1.82) is 0 Å². The van der Waals surface area contributed by atoms with Crippen molar-refractivity contribution in [3.8, 4) is 0 Å². The van der Waals surface area contributed by atoms with Crippen LogP contribution in [-0.4, -0.2) is 36.8 Å². The second kappa shape index (κ2) is 5.29. The SMILES string of the molecule is C[C@@H](c1ccccc1C(=O)O)C1CNCCN1. The Morgan fingerprint density at radius 3 is 2.82 bits per heavy atom. The summed E-state index contributed by atoms with van der Waals surface area (Å²) < 4.78 is 0. The van der Waals surface area contributed by atoms with E-state index < -0.39 is 5.97 Å². The molecule has 1 saturated heterocycles. The zero-order valence-corrected chi connectivity index (χ0v) is 9.94. The van der Waals surface area contributed by atoms with Crippen molar-refractivity contribution in [2.45, 2.75) is 18.9 Å². The van der Waals surface area contributed by atoms with Gasteiger partial charge in [-0.15, -0.1) is 0 Å². The van der Waals surface area contributed by atoms with E-state index in [1.54, 1.807) is 12.1 Å². The van der Waals surface area contributed by atoms with Gasteiger partial charge in [0.25, 0.3) is 0 Å². The highest BCUT2D eigenvalue weighted by atomic mass is 16.4. The summed E-state index contributed by atoms with van der Waals surface area (Å²) >= 11 is 0. The average Bonchev–Trinajstić information content (AvgIpc) is 2.39. The summed E-state index contributed by atoms with van der Waals surface area (Å²) in [6, 6.07) is 7.54. The smallest absolute Gasteiger partial charge is 0.335 e. The lowest BCUT2D eigenvalue weighted by Gasteiger charge is -2.30. The molecular formula is C13H18N2O2. The Balaban J connectivity index is 2.23. The minimum Gasteiger partial charge on any atom is -0.478 e. The first kappa shape index (κ1) is 12.1. The van der Waals surface area contributed by atoms with Crippen LogP contribution in [0.25, 0.3) is 0 Å². The van der Waals surface area contributed by atoms with Crippen molar-refractivity contribution in [3.05, 3.63) is 35.4 Å². The third-order valence-corrected chi connectivity index (χ3v) is 3.36. The standard InChI is InChI=1S/C13H18N2O2/c1-9(12-8-14-6-7-15-12)10-4-2-3-5-11(10)13(16)17/h2-5,9,12,14-15H,6-8H2,1H3,(H,16,17)/t9-,12?/m0/s1. The molecule has 0 aromatic heterocycles. The number of carboxylic acids is 1. The molecule has 0 spiro atoms. The van der Waals surface area contributed by atoms with E-state index in [0.29, 0.717) is 11.6 Å². The van der Waals surface area contributed by atoms with Crippen LogP contribution < -0.4 is 10.6 Å². The zero-order chi connectivity index (χ0) is 12.3. The normalized spacial score (nSPS) is 22.1. The van der Waals surface area contributed by atoms with Gasteiger partial charge < -0.3 is 15.7 Å². The summed E-state index contributed by atoms with van der Waals surface area (Å²) in [4.78, 5) is 11.2. The molecule has 1 heterocycles. The number of aromatic carboxylic acids is 1. The minimum absolute atomic E-state index is 0.190. The molecule has 0 aliphatic carbocycles. The van der Waals surface area contributed by atoms with Crippen LogP contribution >= 0.6 is 0 Å². The van der Waals surface area contributed by atoms with Crippen LogP contribution in [0.1, 0.15) is 28.8 Å². The van der Waals surface area contributed by atoms with Gasteiger partial charge in [0.15, 0.2) is 0 Å². The summed E-state index contributed by atoms with van der Waals surface area (Å²) in [5.41, 5.74) is 1.31. The fourth-order valence-electron chi connectivity index (χ4n) is 2.33. The monoisotopic (exact) mass is 234 g/mol. The predicted octanol–water partition coefficient (Wildman–Crippen LogP) is 1.05. The quantitative estimate of drug-likeness (QED) is 0.731. The van der Waals surface area contributed by atoms with E-state index in [9.17, 15) is 9.90 Å². The van der Waals surface area contributed by atoms with Crippen molar-refractivity contribution >= 4 is 5.97 Å². The van der Waals surface area contributed by atoms with Crippen LogP contribution in [0.2, 0.25) is 0 Å². The maximum Gasteiger partial charge on any atom is 0.335 e. The van der Waals surface area contributed by atoms with E-state index in [-0.39, 0.29) is 5.92 Å². The van der Waals surface area contributed by atoms with Gasteiger partial charge in [-0.05, 0) is 17.5 Å². The highest BCUT2D eigenvalue weighted by Crippen LogP contribution is 2.23. The minimum atomic E-state index is -0.851. The van der Waals surface area contributed by atoms with Crippen LogP contribution in [0.4, 0.5) is 0 Å². The Morgan fingerprint density at radius 1 is 1.41 bits per heavy atom. The van der Waals surface area contributed by atoms with E-state index in [2.05, 4.69) is 17.6 Å². The fraction of sp³-hybridized carbons (Fsp3) is 0.462. The van der Waals surface area contributed by atoms with Crippen molar-refractivity contribution < 1.29 is 9.90 Å². The van der Waals surface area contributed by atoms with E-state index in [1.807, 2.05) is 12.1 Å². The van der Waals surface area contributed by atoms with Gasteiger partial charge in [0.1, 0.15) is 0 Å². The molecule has 1 aromatic carbocycles. The molecule has 0 radical (unpaired) electrons. The topological polar surface area (TPSA) is 61.4 Å². The van der Waals surface area contributed by atoms with Gasteiger partial charge in [0, 0.05) is 25.7 Å². The number of nitrogens with one attached hydrogen (secondary N) is 2. The van der Waals surface area contributed by atoms with Crippen molar-refractivity contribution in [3.63, 3.8) is 0 Å². The van der Waals surface area contributed by atoms with Gasteiger partial charge in [0.05, 0.1) is 5.56 Å². The van der Waals surface area contributed by atoms with Crippen molar-refractivity contribution in [2.24, 2.45) is 0 Å². The lowest BCUT2D eigenvalue weighted by molar-refractivity contribution is 0.0695. The second-order valence-corrected chi connectivity index (χ2v) is 4.45. The predicted molar refractivity (Wildman–Crippen MR) is 66.5 cm³/mol. The maximum absolute atomic E-state index is 11.2. The molecule has 1 fully saturated rings. The number of carboxylic acid groups (broad SMARTS) is 1. The lowest BCUT2D eigenvalue weighted by atomic mass is 9.89. The fourth-order valence-corrected chi connectivity index (χ4v) is 2.33. The van der Waals surface area contributed by atoms with Crippen molar-refractivity contribution in [1.82, 2.24) is 10.6 Å². The Bertz CT molecular complexity index is 400. The molecule has 3 N–H and O–H groups in total. The molecule has 4 nitrogen and oxygen atoms in total. The van der Waals surface area contributed by atoms with Crippen LogP contribution in [-0.2, 0) is 0 Å². The first-order valence-corrected chi connectivity index (χ1v) is 5.96. The van der Waals surface area contributed by atoms with E-state index in [4.69, 9.17) is 0 Å². The van der Waals surface area contributed by atoms with Crippen LogP contribution in [0, 0.1) is 0 Å². The number of hydrogen-bond donors (Lipinski definition) is 3. The summed E-state index contributed by atoms with van der Waals surface area (Å²) in [7, 11) is 0. The summed E-state index contributed by atoms with van der Waals surface area (Å²) in [6.45, 7) is 4.87. The number of piperazine rings is 1. The number of carbonyl (C=O) groups is 1. The van der Waals surface area contributed by atoms with Crippen molar-refractivity contribution in [2.75, 3.05) is 19.6 Å². The highest BCUT2D eigenvalue weighted by Gasteiger charge is 2.23. The second-order valence-electron chi connectivity index (χ2n) is 4.45. The largest absolute Gasteiger partial charge is 0.478 e. The Hall–Kier alpha value is -1.39. The van der Waals surface area contributed by atoms with Gasteiger partial charge in [-0.1, -0.05) is 25.1 Å². The molecule has 2 rings (SSSR count). The third-order valence-electron chi connectivity index (χ3n) is 3.36. The first-order valence-electron chi connectivity index (χ1n) is 5.96. The molecular weight excluding hydrogens is 216 g/mol. The molecule has 1 aliphatic rings. The molecule has 92 valence electrons. The molecule has 17 heavy (non-hydrogen) atoms. The Morgan fingerprint density at radius 2 is 2.18 bits per heavy atom. The molecule has 1 unspecified atom stereocenters. The highest BCUT2D eigenvalue weighted by molar-refractivity contribution is 5.89. The van der Waals surface area contributed by atoms with Gasteiger partial charge in [-0.2, -0.15) is 0 Å². The van der Waals surface area contributed by atoms with E-state index >= 15 is 0 Å². The molecule has 4 heteroatoms. The summed E-state index contributed by atoms with van der Waals surface area (Å²) in [5.74, 6) is -0.661. The number of benzene rings is 1. The van der Waals surface area contributed by atoms with Crippen LogP contribution in [0.5, 0.6) is 0 Å². The van der Waals surface area contributed by atoms with E-state index in [1.165, 1.54) is 0 Å². The summed E-state index contributed by atoms with van der Waals surface area (Å²) in [6.07, 6.45) is 0. The Labute approximate surface area is 101 Å². The molecule has 1 aliphatic heterocycles. The molecule has 1 aromatic rings. The molecule has 0 bridgehead atoms. The molecule has 0 amide bonds. The maximum atomic E-state index is 11.2. The van der Waals surface area contributed by atoms with Gasteiger partial charge >= 0.3 is 5.97 Å². The molecule has 0 saturated carbocycles. The number of hydrogen-bond acceptors (Lipinski definition) is 3. The summed E-state index contributed by atoms with van der Waals surface area (Å²) in [5, 5.41) is 15.9. The average molecular weight is 234 g/mol. The van der Waals surface area contributed by atoms with E-state index in [0.717, 1.165) is 25.2 Å². The zero-order valence-electron chi connectivity index (χ0n) is 9.94.